The van der Waals surface area contributed by atoms with Gasteiger partial charge in [0.15, 0.2) is 0 Å². The molecule has 2 unspecified atom stereocenters. The molecule has 0 heterocycles. The number of alkyl halides is 1. The molecule has 0 aliphatic heterocycles. The Labute approximate surface area is 73.1 Å². The van der Waals surface area contributed by atoms with E-state index >= 15 is 0 Å². The van der Waals surface area contributed by atoms with E-state index in [9.17, 15) is 4.79 Å². The minimum Gasteiger partial charge on any atom is -0.299 e. The summed E-state index contributed by atoms with van der Waals surface area (Å²) >= 11 is 6.04. The molecule has 0 radical (unpaired) electrons. The van der Waals surface area contributed by atoms with Gasteiger partial charge in [0.05, 0.1) is 0 Å². The molecule has 1 fully saturated rings. The van der Waals surface area contributed by atoms with Crippen molar-refractivity contribution in [1.29, 1.82) is 0 Å². The molecule has 0 saturated heterocycles. The fourth-order valence-corrected chi connectivity index (χ4v) is 2.13. The molecule has 0 bridgehead atoms. The first-order valence-electron chi connectivity index (χ1n) is 4.42. The first-order chi connectivity index (χ1) is 5.25. The maximum atomic E-state index is 11.3. The molecule has 0 aromatic rings. The van der Waals surface area contributed by atoms with Gasteiger partial charge in [0.25, 0.3) is 0 Å². The molecule has 1 aliphatic carbocycles. The van der Waals surface area contributed by atoms with E-state index in [1.165, 1.54) is 12.8 Å². The molecule has 64 valence electrons. The number of carbonyl (C=O) groups excluding carboxylic acids is 1. The highest BCUT2D eigenvalue weighted by atomic mass is 35.5. The van der Waals surface area contributed by atoms with Gasteiger partial charge in [-0.25, -0.2) is 0 Å². The zero-order valence-electron chi connectivity index (χ0n) is 6.98. The maximum Gasteiger partial charge on any atom is 0.137 e. The van der Waals surface area contributed by atoms with Gasteiger partial charge in [0.2, 0.25) is 0 Å². The fraction of sp³-hybridized carbons (Fsp3) is 0.889. The van der Waals surface area contributed by atoms with E-state index in [0.717, 1.165) is 12.8 Å². The second-order valence-corrected chi connectivity index (χ2v) is 3.79. The Morgan fingerprint density at radius 3 is 2.64 bits per heavy atom. The first kappa shape index (κ1) is 9.05. The molecule has 0 amide bonds. The van der Waals surface area contributed by atoms with E-state index < -0.39 is 0 Å². The molecule has 2 atom stereocenters. The Bertz CT molecular complexity index is 144. The van der Waals surface area contributed by atoms with Gasteiger partial charge < -0.3 is 0 Å². The zero-order valence-corrected chi connectivity index (χ0v) is 7.73. The predicted molar refractivity (Wildman–Crippen MR) is 46.9 cm³/mol. The van der Waals surface area contributed by atoms with Gasteiger partial charge in [0, 0.05) is 17.7 Å². The van der Waals surface area contributed by atoms with E-state index in [0.29, 0.717) is 12.2 Å². The molecule has 0 aromatic heterocycles. The Hall–Kier alpha value is -0.0400. The molecule has 2 heteroatoms. The first-order valence-corrected chi connectivity index (χ1v) is 4.86. The average molecular weight is 175 g/mol. The minimum atomic E-state index is 0.121. The minimum absolute atomic E-state index is 0.121. The number of ketones is 1. The number of hydrogen-bond acceptors (Lipinski definition) is 1. The third-order valence-electron chi connectivity index (χ3n) is 2.44. The van der Waals surface area contributed by atoms with Crippen LogP contribution in [0, 0.1) is 5.92 Å². The lowest BCUT2D eigenvalue weighted by molar-refractivity contribution is -0.123. The van der Waals surface area contributed by atoms with Gasteiger partial charge in [0.1, 0.15) is 5.78 Å². The number of carbonyl (C=O) groups is 1. The maximum absolute atomic E-state index is 11.3. The topological polar surface area (TPSA) is 17.1 Å². The SMILES string of the molecule is CCC(=O)C1CCCCC1Cl. The van der Waals surface area contributed by atoms with Crippen LogP contribution in [0.3, 0.4) is 0 Å². The van der Waals surface area contributed by atoms with Crippen LogP contribution < -0.4 is 0 Å². The van der Waals surface area contributed by atoms with Gasteiger partial charge in [-0.05, 0) is 12.8 Å². The third kappa shape index (κ3) is 2.19. The van der Waals surface area contributed by atoms with Crippen molar-refractivity contribution in [1.82, 2.24) is 0 Å². The highest BCUT2D eigenvalue weighted by Crippen LogP contribution is 2.29. The molecule has 1 rings (SSSR count). The van der Waals surface area contributed by atoms with Crippen molar-refractivity contribution >= 4 is 17.4 Å². The Balaban J connectivity index is 2.47. The Morgan fingerprint density at radius 2 is 2.09 bits per heavy atom. The van der Waals surface area contributed by atoms with Gasteiger partial charge in [-0.15, -0.1) is 11.6 Å². The molecular formula is C9H15ClO. The second kappa shape index (κ2) is 4.10. The summed E-state index contributed by atoms with van der Waals surface area (Å²) in [6.45, 7) is 1.92. The molecule has 1 nitrogen and oxygen atoms in total. The van der Waals surface area contributed by atoms with E-state index in [4.69, 9.17) is 11.6 Å². The fourth-order valence-electron chi connectivity index (χ4n) is 1.71. The van der Waals surface area contributed by atoms with Gasteiger partial charge in [-0.3, -0.25) is 4.79 Å². The summed E-state index contributed by atoms with van der Waals surface area (Å²) in [5, 5.41) is 0.121. The predicted octanol–water partition coefficient (Wildman–Crippen LogP) is 2.76. The van der Waals surface area contributed by atoms with Crippen LogP contribution in [0.15, 0.2) is 0 Å². The molecular weight excluding hydrogens is 160 g/mol. The van der Waals surface area contributed by atoms with E-state index in [-0.39, 0.29) is 11.3 Å². The number of hydrogen-bond donors (Lipinski definition) is 0. The monoisotopic (exact) mass is 174 g/mol. The molecule has 0 N–H and O–H groups in total. The van der Waals surface area contributed by atoms with Crippen molar-refractivity contribution in [3.8, 4) is 0 Å². The van der Waals surface area contributed by atoms with Crippen LogP contribution in [0.4, 0.5) is 0 Å². The summed E-state index contributed by atoms with van der Waals surface area (Å²) in [4.78, 5) is 11.3. The summed E-state index contributed by atoms with van der Waals surface area (Å²) in [7, 11) is 0. The van der Waals surface area contributed by atoms with Gasteiger partial charge >= 0.3 is 0 Å². The molecule has 0 aromatic carbocycles. The average Bonchev–Trinajstić information content (AvgIpc) is 2.04. The lowest BCUT2D eigenvalue weighted by Gasteiger charge is -2.25. The van der Waals surface area contributed by atoms with Crippen LogP contribution in [-0.4, -0.2) is 11.2 Å². The number of Topliss-reactive ketones (excluding diaryl/α,β-unsaturated/α-hetero) is 1. The highest BCUT2D eigenvalue weighted by molar-refractivity contribution is 6.22. The molecule has 1 aliphatic rings. The lowest BCUT2D eigenvalue weighted by Crippen LogP contribution is -2.27. The molecule has 0 spiro atoms. The third-order valence-corrected chi connectivity index (χ3v) is 2.97. The summed E-state index contributed by atoms with van der Waals surface area (Å²) in [6, 6.07) is 0. The van der Waals surface area contributed by atoms with Crippen LogP contribution in [0.1, 0.15) is 39.0 Å². The number of rotatable bonds is 2. The van der Waals surface area contributed by atoms with Crippen LogP contribution in [0.5, 0.6) is 0 Å². The van der Waals surface area contributed by atoms with Crippen LogP contribution in [0.2, 0.25) is 0 Å². The van der Waals surface area contributed by atoms with E-state index in [1.54, 1.807) is 0 Å². The smallest absolute Gasteiger partial charge is 0.137 e. The van der Waals surface area contributed by atoms with Crippen molar-refractivity contribution in [2.75, 3.05) is 0 Å². The largest absolute Gasteiger partial charge is 0.299 e. The summed E-state index contributed by atoms with van der Waals surface area (Å²) in [5.74, 6) is 0.514. The van der Waals surface area contributed by atoms with Crippen LogP contribution in [0.25, 0.3) is 0 Å². The van der Waals surface area contributed by atoms with Crippen molar-refractivity contribution in [3.63, 3.8) is 0 Å². The molecule has 11 heavy (non-hydrogen) atoms. The van der Waals surface area contributed by atoms with Crippen LogP contribution >= 0.6 is 11.6 Å². The zero-order chi connectivity index (χ0) is 8.27. The van der Waals surface area contributed by atoms with E-state index in [1.807, 2.05) is 6.92 Å². The summed E-state index contributed by atoms with van der Waals surface area (Å²) in [6.07, 6.45) is 5.06. The van der Waals surface area contributed by atoms with Crippen molar-refractivity contribution in [2.45, 2.75) is 44.4 Å². The van der Waals surface area contributed by atoms with Crippen molar-refractivity contribution < 1.29 is 4.79 Å². The summed E-state index contributed by atoms with van der Waals surface area (Å²) in [5.41, 5.74) is 0. The number of halogens is 1. The summed E-state index contributed by atoms with van der Waals surface area (Å²) < 4.78 is 0. The quantitative estimate of drug-likeness (QED) is 0.589. The van der Waals surface area contributed by atoms with Crippen molar-refractivity contribution in [2.24, 2.45) is 5.92 Å². The van der Waals surface area contributed by atoms with Crippen LogP contribution in [-0.2, 0) is 4.79 Å². The second-order valence-electron chi connectivity index (χ2n) is 3.23. The van der Waals surface area contributed by atoms with Gasteiger partial charge in [-0.1, -0.05) is 19.8 Å². The Kier molecular flexibility index (Phi) is 3.38. The lowest BCUT2D eigenvalue weighted by atomic mass is 9.85. The standard InChI is InChI=1S/C9H15ClO/c1-2-9(11)7-5-3-4-6-8(7)10/h7-8H,2-6H2,1H3. The normalized spacial score (nSPS) is 31.8. The molecule has 1 saturated carbocycles. The Morgan fingerprint density at radius 1 is 1.45 bits per heavy atom. The van der Waals surface area contributed by atoms with E-state index in [2.05, 4.69) is 0 Å². The highest BCUT2D eigenvalue weighted by Gasteiger charge is 2.27. The van der Waals surface area contributed by atoms with Crippen molar-refractivity contribution in [3.05, 3.63) is 0 Å². The van der Waals surface area contributed by atoms with Gasteiger partial charge in [-0.2, -0.15) is 0 Å².